The van der Waals surface area contributed by atoms with Crippen LogP contribution in [0.25, 0.3) is 0 Å². The summed E-state index contributed by atoms with van der Waals surface area (Å²) in [6, 6.07) is 8.47. The van der Waals surface area contributed by atoms with Crippen LogP contribution < -0.4 is 16.0 Å². The number of carbonyl (C=O) groups is 4. The van der Waals surface area contributed by atoms with Crippen LogP contribution in [0, 0.1) is 0 Å². The van der Waals surface area contributed by atoms with Crippen molar-refractivity contribution in [3.8, 4) is 0 Å². The van der Waals surface area contributed by atoms with Crippen molar-refractivity contribution < 1.29 is 19.2 Å². The normalized spacial score (nSPS) is 15.4. The first-order valence-electron chi connectivity index (χ1n) is 8.63. The van der Waals surface area contributed by atoms with E-state index in [4.69, 9.17) is 0 Å². The second kappa shape index (κ2) is 9.40. The van der Waals surface area contributed by atoms with Crippen molar-refractivity contribution in [3.63, 3.8) is 0 Å². The number of urea groups is 2. The molecule has 146 valence electrons. The molecule has 0 radical (unpaired) electrons. The van der Waals surface area contributed by atoms with Gasteiger partial charge < -0.3 is 10.6 Å². The summed E-state index contributed by atoms with van der Waals surface area (Å²) in [4.78, 5) is 48.4. The van der Waals surface area contributed by atoms with Crippen molar-refractivity contribution in [2.75, 3.05) is 18.1 Å². The number of imide groups is 2. The Morgan fingerprint density at radius 3 is 2.48 bits per heavy atom. The molecule has 1 aliphatic heterocycles. The summed E-state index contributed by atoms with van der Waals surface area (Å²) in [5.74, 6) is 0.401. The van der Waals surface area contributed by atoms with Crippen molar-refractivity contribution in [2.24, 2.45) is 0 Å². The molecular weight excluding hydrogens is 368 g/mol. The first-order chi connectivity index (χ1) is 12.8. The van der Waals surface area contributed by atoms with Crippen LogP contribution >= 0.6 is 11.8 Å². The van der Waals surface area contributed by atoms with E-state index < -0.39 is 17.6 Å². The van der Waals surface area contributed by atoms with E-state index in [1.54, 1.807) is 13.8 Å². The molecule has 3 N–H and O–H groups in total. The van der Waals surface area contributed by atoms with Crippen LogP contribution in [0.4, 0.5) is 9.59 Å². The van der Waals surface area contributed by atoms with E-state index in [0.29, 0.717) is 18.1 Å². The van der Waals surface area contributed by atoms with Crippen molar-refractivity contribution in [1.29, 1.82) is 0 Å². The van der Waals surface area contributed by atoms with Gasteiger partial charge in [-0.25, -0.2) is 9.59 Å². The lowest BCUT2D eigenvalue weighted by atomic mass is 10.1. The summed E-state index contributed by atoms with van der Waals surface area (Å²) in [6.45, 7) is 3.95. The first-order valence-corrected chi connectivity index (χ1v) is 9.78. The molecule has 0 spiro atoms. The molecule has 1 fully saturated rings. The minimum atomic E-state index is -0.866. The summed E-state index contributed by atoms with van der Waals surface area (Å²) in [5.41, 5.74) is 0.0775. The first kappa shape index (κ1) is 20.8. The van der Waals surface area contributed by atoms with Gasteiger partial charge in [-0.15, -0.1) is 0 Å². The van der Waals surface area contributed by atoms with E-state index >= 15 is 0 Å². The molecule has 1 heterocycles. The van der Waals surface area contributed by atoms with Gasteiger partial charge in [-0.05, 0) is 19.4 Å². The van der Waals surface area contributed by atoms with Crippen LogP contribution in [0.2, 0.25) is 0 Å². The summed E-state index contributed by atoms with van der Waals surface area (Å²) in [5, 5.41) is 7.51. The van der Waals surface area contributed by atoms with E-state index in [2.05, 4.69) is 16.0 Å². The Kier molecular flexibility index (Phi) is 7.23. The van der Waals surface area contributed by atoms with Crippen LogP contribution in [-0.4, -0.2) is 52.4 Å². The standard InChI is InChI=1S/C18H24N4O4S/c1-18(2)15(24)22(17(26)21-18)9-11-27-10-8-14(23)20-16(25)19-12-13-6-4-3-5-7-13/h3-7H,8-12H2,1-2H3,(H,21,26)(H2,19,20,23,25). The smallest absolute Gasteiger partial charge is 0.325 e. The topological polar surface area (TPSA) is 108 Å². The van der Waals surface area contributed by atoms with Gasteiger partial charge in [0.25, 0.3) is 5.91 Å². The molecule has 2 rings (SSSR count). The molecule has 0 aliphatic carbocycles. The summed E-state index contributed by atoms with van der Waals surface area (Å²) >= 11 is 1.44. The largest absolute Gasteiger partial charge is 0.334 e. The third kappa shape index (κ3) is 6.28. The van der Waals surface area contributed by atoms with Gasteiger partial charge in [0.05, 0.1) is 0 Å². The van der Waals surface area contributed by atoms with Crippen LogP contribution in [0.5, 0.6) is 0 Å². The molecule has 1 saturated heterocycles. The van der Waals surface area contributed by atoms with Gasteiger partial charge in [-0.3, -0.25) is 19.8 Å². The number of benzene rings is 1. The SMILES string of the molecule is CC1(C)NC(=O)N(CCSCCC(=O)NC(=O)NCc2ccccc2)C1=O. The number of carbonyl (C=O) groups excluding carboxylic acids is 4. The van der Waals surface area contributed by atoms with Gasteiger partial charge in [-0.2, -0.15) is 11.8 Å². The molecule has 0 atom stereocenters. The molecule has 0 saturated carbocycles. The maximum absolute atomic E-state index is 12.0. The van der Waals surface area contributed by atoms with E-state index in [-0.39, 0.29) is 24.8 Å². The number of amides is 6. The molecule has 1 aromatic carbocycles. The Hall–Kier alpha value is -2.55. The summed E-state index contributed by atoms with van der Waals surface area (Å²) < 4.78 is 0. The van der Waals surface area contributed by atoms with Gasteiger partial charge >= 0.3 is 12.1 Å². The second-order valence-corrected chi connectivity index (χ2v) is 7.82. The Balaban J connectivity index is 1.57. The van der Waals surface area contributed by atoms with Gasteiger partial charge in [0.1, 0.15) is 5.54 Å². The lowest BCUT2D eigenvalue weighted by Gasteiger charge is -2.15. The summed E-state index contributed by atoms with van der Waals surface area (Å²) in [7, 11) is 0. The highest BCUT2D eigenvalue weighted by Crippen LogP contribution is 2.17. The highest BCUT2D eigenvalue weighted by atomic mass is 32.2. The Bertz CT molecular complexity index is 709. The fraction of sp³-hybridized carbons (Fsp3) is 0.444. The number of rotatable bonds is 8. The monoisotopic (exact) mass is 392 g/mol. The molecule has 9 heteroatoms. The molecule has 1 aromatic rings. The maximum Gasteiger partial charge on any atom is 0.325 e. The average Bonchev–Trinajstić information content (AvgIpc) is 2.81. The highest BCUT2D eigenvalue weighted by Gasteiger charge is 2.43. The van der Waals surface area contributed by atoms with Crippen LogP contribution in [0.3, 0.4) is 0 Å². The molecule has 27 heavy (non-hydrogen) atoms. The Morgan fingerprint density at radius 1 is 1.15 bits per heavy atom. The quantitative estimate of drug-likeness (QED) is 0.459. The van der Waals surface area contributed by atoms with Gasteiger partial charge in [0, 0.05) is 31.0 Å². The third-order valence-corrected chi connectivity index (χ3v) is 4.89. The molecule has 0 unspecified atom stereocenters. The number of nitrogens with zero attached hydrogens (tertiary/aromatic N) is 1. The highest BCUT2D eigenvalue weighted by molar-refractivity contribution is 7.99. The minimum absolute atomic E-state index is 0.176. The number of hydrogen-bond acceptors (Lipinski definition) is 5. The second-order valence-electron chi connectivity index (χ2n) is 6.59. The lowest BCUT2D eigenvalue weighted by molar-refractivity contribution is -0.130. The third-order valence-electron chi connectivity index (χ3n) is 3.93. The zero-order valence-corrected chi connectivity index (χ0v) is 16.2. The van der Waals surface area contributed by atoms with Gasteiger partial charge in [-0.1, -0.05) is 30.3 Å². The molecule has 1 aliphatic rings. The zero-order valence-electron chi connectivity index (χ0n) is 15.4. The molecule has 0 bridgehead atoms. The van der Waals surface area contributed by atoms with E-state index in [0.717, 1.165) is 5.56 Å². The van der Waals surface area contributed by atoms with Crippen molar-refractivity contribution in [2.45, 2.75) is 32.4 Å². The lowest BCUT2D eigenvalue weighted by Crippen LogP contribution is -2.40. The van der Waals surface area contributed by atoms with Crippen molar-refractivity contribution >= 4 is 35.6 Å². The fourth-order valence-electron chi connectivity index (χ4n) is 2.46. The predicted molar refractivity (Wildman–Crippen MR) is 103 cm³/mol. The van der Waals surface area contributed by atoms with Crippen molar-refractivity contribution in [1.82, 2.24) is 20.9 Å². The van der Waals surface area contributed by atoms with E-state index in [1.807, 2.05) is 30.3 Å². The predicted octanol–water partition coefficient (Wildman–Crippen LogP) is 1.47. The zero-order chi connectivity index (χ0) is 19.9. The van der Waals surface area contributed by atoms with E-state index in [9.17, 15) is 19.2 Å². The minimum Gasteiger partial charge on any atom is -0.334 e. The fourth-order valence-corrected chi connectivity index (χ4v) is 3.30. The average molecular weight is 392 g/mol. The summed E-state index contributed by atoms with van der Waals surface area (Å²) in [6.07, 6.45) is 0.176. The van der Waals surface area contributed by atoms with Crippen LogP contribution in [-0.2, 0) is 16.1 Å². The maximum atomic E-state index is 12.0. The molecule has 0 aromatic heterocycles. The number of nitrogens with one attached hydrogen (secondary N) is 3. The number of thioether (sulfide) groups is 1. The molecule has 8 nitrogen and oxygen atoms in total. The molecular formula is C18H24N4O4S. The van der Waals surface area contributed by atoms with E-state index in [1.165, 1.54) is 16.7 Å². The Labute approximate surface area is 162 Å². The van der Waals surface area contributed by atoms with Gasteiger partial charge in [0.2, 0.25) is 5.91 Å². The van der Waals surface area contributed by atoms with Gasteiger partial charge in [0.15, 0.2) is 0 Å². The van der Waals surface area contributed by atoms with Crippen LogP contribution in [0.15, 0.2) is 30.3 Å². The number of hydrogen-bond donors (Lipinski definition) is 3. The van der Waals surface area contributed by atoms with Crippen molar-refractivity contribution in [3.05, 3.63) is 35.9 Å². The van der Waals surface area contributed by atoms with Crippen LogP contribution in [0.1, 0.15) is 25.8 Å². The Morgan fingerprint density at radius 2 is 1.85 bits per heavy atom. The molecule has 6 amide bonds.